The molecule has 8 heteroatoms. The van der Waals surface area contributed by atoms with Crippen molar-refractivity contribution < 1.29 is 9.53 Å². The molecule has 7 nitrogen and oxygen atoms in total. The lowest BCUT2D eigenvalue weighted by molar-refractivity contribution is -0.137. The van der Waals surface area contributed by atoms with E-state index in [1.807, 2.05) is 24.3 Å². The predicted molar refractivity (Wildman–Crippen MR) is 132 cm³/mol. The molecule has 168 valence electrons. The van der Waals surface area contributed by atoms with Crippen molar-refractivity contribution in [1.29, 1.82) is 0 Å². The third-order valence-corrected chi connectivity index (χ3v) is 5.95. The Morgan fingerprint density at radius 3 is 2.37 bits per heavy atom. The number of carbonyl (C=O) groups is 1. The summed E-state index contributed by atoms with van der Waals surface area (Å²) in [6.45, 7) is 6.13. The van der Waals surface area contributed by atoms with E-state index < -0.39 is 0 Å². The first kappa shape index (κ1) is 24.7. The maximum Gasteiger partial charge on any atom is 0.225 e. The number of halogens is 1. The number of hydrogen-bond donors (Lipinski definition) is 2. The minimum atomic E-state index is 0. The van der Waals surface area contributed by atoms with Crippen LogP contribution in [0.25, 0.3) is 0 Å². The molecule has 1 saturated carbocycles. The fourth-order valence-corrected chi connectivity index (χ4v) is 4.11. The summed E-state index contributed by atoms with van der Waals surface area (Å²) < 4.78 is 5.19. The summed E-state index contributed by atoms with van der Waals surface area (Å²) in [7, 11) is 3.46. The zero-order valence-electron chi connectivity index (χ0n) is 18.2. The summed E-state index contributed by atoms with van der Waals surface area (Å²) in [5, 5.41) is 6.72. The number of nitrogens with one attached hydrogen (secondary N) is 2. The van der Waals surface area contributed by atoms with E-state index in [9.17, 15) is 4.79 Å². The molecule has 0 radical (unpaired) electrons. The Kier molecular flexibility index (Phi) is 10.7. The number of amides is 1. The van der Waals surface area contributed by atoms with Gasteiger partial charge in [0.1, 0.15) is 5.75 Å². The van der Waals surface area contributed by atoms with Crippen LogP contribution in [0.3, 0.4) is 0 Å². The molecule has 2 aliphatic rings. The first-order chi connectivity index (χ1) is 14.2. The van der Waals surface area contributed by atoms with E-state index in [0.29, 0.717) is 18.4 Å². The molecule has 1 aliphatic heterocycles. The summed E-state index contributed by atoms with van der Waals surface area (Å²) in [5.74, 6) is 2.35. The first-order valence-electron chi connectivity index (χ1n) is 10.8. The van der Waals surface area contributed by atoms with E-state index in [1.54, 1.807) is 14.2 Å². The lowest BCUT2D eigenvalue weighted by Gasteiger charge is -2.36. The SMILES string of the molecule is CN=C(NCCN1CCN(C(=O)C2CCCC2)CC1)NCc1ccc(OC)cc1.I. The van der Waals surface area contributed by atoms with Crippen LogP contribution in [-0.4, -0.2) is 75.1 Å². The molecule has 2 fully saturated rings. The van der Waals surface area contributed by atoms with Gasteiger partial charge in [-0.2, -0.15) is 0 Å². The van der Waals surface area contributed by atoms with Gasteiger partial charge < -0.3 is 20.3 Å². The van der Waals surface area contributed by atoms with Crippen molar-refractivity contribution in [3.8, 4) is 5.75 Å². The Hall–Kier alpha value is -1.55. The zero-order chi connectivity index (χ0) is 20.5. The van der Waals surface area contributed by atoms with Gasteiger partial charge >= 0.3 is 0 Å². The van der Waals surface area contributed by atoms with Crippen molar-refractivity contribution in [2.75, 3.05) is 53.4 Å². The Bertz CT molecular complexity index is 669. The minimum Gasteiger partial charge on any atom is -0.497 e. The van der Waals surface area contributed by atoms with Crippen LogP contribution < -0.4 is 15.4 Å². The highest BCUT2D eigenvalue weighted by molar-refractivity contribution is 14.0. The van der Waals surface area contributed by atoms with Crippen LogP contribution in [0.5, 0.6) is 5.75 Å². The highest BCUT2D eigenvalue weighted by Crippen LogP contribution is 2.26. The van der Waals surface area contributed by atoms with E-state index in [-0.39, 0.29) is 24.0 Å². The average molecular weight is 529 g/mol. The van der Waals surface area contributed by atoms with Crippen LogP contribution in [-0.2, 0) is 11.3 Å². The van der Waals surface area contributed by atoms with Crippen molar-refractivity contribution in [2.24, 2.45) is 10.9 Å². The fraction of sp³-hybridized carbons (Fsp3) is 0.636. The van der Waals surface area contributed by atoms with Gasteiger partial charge in [-0.1, -0.05) is 25.0 Å². The topological polar surface area (TPSA) is 69.2 Å². The Morgan fingerprint density at radius 2 is 1.77 bits per heavy atom. The molecular weight excluding hydrogens is 493 g/mol. The van der Waals surface area contributed by atoms with Crippen molar-refractivity contribution in [2.45, 2.75) is 32.2 Å². The summed E-state index contributed by atoms with van der Waals surface area (Å²) in [6, 6.07) is 8.02. The molecule has 3 rings (SSSR count). The zero-order valence-corrected chi connectivity index (χ0v) is 20.6. The maximum absolute atomic E-state index is 12.5. The molecule has 0 unspecified atom stereocenters. The van der Waals surface area contributed by atoms with Gasteiger partial charge in [0.05, 0.1) is 7.11 Å². The summed E-state index contributed by atoms with van der Waals surface area (Å²) in [5.41, 5.74) is 1.18. The molecule has 0 spiro atoms. The lowest BCUT2D eigenvalue weighted by atomic mass is 10.1. The third kappa shape index (κ3) is 7.30. The van der Waals surface area contributed by atoms with Gasteiger partial charge in [0.2, 0.25) is 5.91 Å². The van der Waals surface area contributed by atoms with Crippen LogP contribution >= 0.6 is 24.0 Å². The van der Waals surface area contributed by atoms with E-state index in [0.717, 1.165) is 63.8 Å². The summed E-state index contributed by atoms with van der Waals surface area (Å²) >= 11 is 0. The van der Waals surface area contributed by atoms with Crippen molar-refractivity contribution >= 4 is 35.8 Å². The van der Waals surface area contributed by atoms with Gasteiger partial charge in [-0.15, -0.1) is 24.0 Å². The van der Waals surface area contributed by atoms with Crippen molar-refractivity contribution in [1.82, 2.24) is 20.4 Å². The molecule has 0 aromatic heterocycles. The van der Waals surface area contributed by atoms with Crippen molar-refractivity contribution in [3.05, 3.63) is 29.8 Å². The number of methoxy groups -OCH3 is 1. The molecule has 1 aromatic carbocycles. The van der Waals surface area contributed by atoms with Crippen molar-refractivity contribution in [3.63, 3.8) is 0 Å². The number of piperazine rings is 1. The number of rotatable bonds is 7. The van der Waals surface area contributed by atoms with Crippen LogP contribution in [0.1, 0.15) is 31.2 Å². The quantitative estimate of drug-likeness (QED) is 0.323. The molecule has 1 aromatic rings. The van der Waals surface area contributed by atoms with Gasteiger partial charge in [0, 0.05) is 58.8 Å². The first-order valence-corrected chi connectivity index (χ1v) is 10.8. The third-order valence-electron chi connectivity index (χ3n) is 5.95. The second kappa shape index (κ2) is 13.0. The molecule has 2 N–H and O–H groups in total. The molecule has 0 atom stereocenters. The smallest absolute Gasteiger partial charge is 0.225 e. The number of carbonyl (C=O) groups excluding carboxylic acids is 1. The normalized spacial score (nSPS) is 18.1. The average Bonchev–Trinajstić information content (AvgIpc) is 3.31. The second-order valence-corrected chi connectivity index (χ2v) is 7.85. The van der Waals surface area contributed by atoms with Crippen LogP contribution in [0.15, 0.2) is 29.3 Å². The van der Waals surface area contributed by atoms with Crippen LogP contribution in [0.4, 0.5) is 0 Å². The highest BCUT2D eigenvalue weighted by atomic mass is 127. The van der Waals surface area contributed by atoms with Crippen LogP contribution in [0, 0.1) is 5.92 Å². The molecule has 0 bridgehead atoms. The molecule has 30 heavy (non-hydrogen) atoms. The van der Waals surface area contributed by atoms with Gasteiger partial charge in [0.15, 0.2) is 5.96 Å². The Labute approximate surface area is 197 Å². The maximum atomic E-state index is 12.5. The monoisotopic (exact) mass is 529 g/mol. The molecule has 1 aliphatic carbocycles. The van der Waals surface area contributed by atoms with E-state index >= 15 is 0 Å². The fourth-order valence-electron chi connectivity index (χ4n) is 4.11. The van der Waals surface area contributed by atoms with E-state index in [2.05, 4.69) is 25.4 Å². The lowest BCUT2D eigenvalue weighted by Crippen LogP contribution is -2.51. The van der Waals surface area contributed by atoms with Gasteiger partial charge in [-0.05, 0) is 30.5 Å². The Morgan fingerprint density at radius 1 is 1.10 bits per heavy atom. The molecule has 1 amide bonds. The van der Waals surface area contributed by atoms with E-state index in [4.69, 9.17) is 4.74 Å². The number of nitrogens with zero attached hydrogens (tertiary/aromatic N) is 3. The largest absolute Gasteiger partial charge is 0.497 e. The van der Waals surface area contributed by atoms with Crippen LogP contribution in [0.2, 0.25) is 0 Å². The number of ether oxygens (including phenoxy) is 1. The predicted octanol–water partition coefficient (Wildman–Crippen LogP) is 2.31. The number of guanidine groups is 1. The summed E-state index contributed by atoms with van der Waals surface area (Å²) in [4.78, 5) is 21.3. The van der Waals surface area contributed by atoms with E-state index in [1.165, 1.54) is 18.4 Å². The standard InChI is InChI=1S/C22H35N5O2.HI/c1-23-22(25-17-18-7-9-20(29-2)10-8-18)24-11-12-26-13-15-27(16-14-26)21(28)19-5-3-4-6-19;/h7-10,19H,3-6,11-17H2,1-2H3,(H2,23,24,25);1H. The number of hydrogen-bond acceptors (Lipinski definition) is 4. The minimum absolute atomic E-state index is 0. The highest BCUT2D eigenvalue weighted by Gasteiger charge is 2.29. The second-order valence-electron chi connectivity index (χ2n) is 7.85. The summed E-state index contributed by atoms with van der Waals surface area (Å²) in [6.07, 6.45) is 4.61. The van der Waals surface area contributed by atoms with Gasteiger partial charge in [0.25, 0.3) is 0 Å². The number of benzene rings is 1. The Balaban J connectivity index is 0.00000320. The molecule has 1 heterocycles. The number of aliphatic imine (C=N–C) groups is 1. The molecular formula is C22H36IN5O2. The molecule has 1 saturated heterocycles. The van der Waals surface area contributed by atoms with Gasteiger partial charge in [-0.3, -0.25) is 14.7 Å². The van der Waals surface area contributed by atoms with Gasteiger partial charge in [-0.25, -0.2) is 0 Å².